The van der Waals surface area contributed by atoms with E-state index in [1.807, 2.05) is 0 Å². The third kappa shape index (κ3) is 2.95. The van der Waals surface area contributed by atoms with E-state index in [0.717, 1.165) is 25.9 Å². The van der Waals surface area contributed by atoms with Crippen LogP contribution in [0.2, 0.25) is 0 Å². The highest BCUT2D eigenvalue weighted by molar-refractivity contribution is 7.89. The molecule has 0 aromatic carbocycles. The van der Waals surface area contributed by atoms with E-state index >= 15 is 0 Å². The summed E-state index contributed by atoms with van der Waals surface area (Å²) in [6.45, 7) is 1.76. The lowest BCUT2D eigenvalue weighted by molar-refractivity contribution is 0.596. The SMILES string of the molecule is NS(=O)(=O)c1cnccc1N1CCCCCC1. The van der Waals surface area contributed by atoms with E-state index in [-0.39, 0.29) is 4.90 Å². The first-order valence-electron chi connectivity index (χ1n) is 5.81. The van der Waals surface area contributed by atoms with Crippen LogP contribution < -0.4 is 10.0 Å². The standard InChI is InChI=1S/C11H17N3O2S/c12-17(15,16)11-9-13-6-5-10(11)14-7-3-1-2-4-8-14/h5-6,9H,1-4,7-8H2,(H2,12,15,16). The van der Waals surface area contributed by atoms with Crippen LogP contribution in [0.5, 0.6) is 0 Å². The number of aromatic nitrogens is 1. The van der Waals surface area contributed by atoms with Gasteiger partial charge in [-0.15, -0.1) is 0 Å². The zero-order valence-electron chi connectivity index (χ0n) is 9.67. The average Bonchev–Trinajstić information content (AvgIpc) is 2.56. The smallest absolute Gasteiger partial charge is 0.241 e. The minimum atomic E-state index is -3.70. The van der Waals surface area contributed by atoms with Crippen LogP contribution in [0.3, 0.4) is 0 Å². The fraction of sp³-hybridized carbons (Fsp3) is 0.545. The van der Waals surface area contributed by atoms with Crippen molar-refractivity contribution in [2.75, 3.05) is 18.0 Å². The van der Waals surface area contributed by atoms with Gasteiger partial charge in [0.2, 0.25) is 10.0 Å². The van der Waals surface area contributed by atoms with Crippen LogP contribution in [0, 0.1) is 0 Å². The van der Waals surface area contributed by atoms with Gasteiger partial charge in [-0.3, -0.25) is 4.98 Å². The number of hydrogen-bond donors (Lipinski definition) is 1. The van der Waals surface area contributed by atoms with E-state index in [4.69, 9.17) is 5.14 Å². The number of rotatable bonds is 2. The maximum absolute atomic E-state index is 11.5. The molecular weight excluding hydrogens is 238 g/mol. The first kappa shape index (κ1) is 12.3. The van der Waals surface area contributed by atoms with Crippen LogP contribution in [-0.2, 0) is 10.0 Å². The normalized spacial score (nSPS) is 17.8. The Morgan fingerprint density at radius 1 is 1.18 bits per heavy atom. The van der Waals surface area contributed by atoms with Gasteiger partial charge < -0.3 is 4.90 Å². The molecule has 2 heterocycles. The highest BCUT2D eigenvalue weighted by Gasteiger charge is 2.19. The molecule has 0 aliphatic carbocycles. The molecule has 1 aliphatic rings. The molecule has 1 aromatic heterocycles. The number of sulfonamides is 1. The Kier molecular flexibility index (Phi) is 3.63. The van der Waals surface area contributed by atoms with Gasteiger partial charge >= 0.3 is 0 Å². The van der Waals surface area contributed by atoms with Crippen molar-refractivity contribution in [1.82, 2.24) is 4.98 Å². The number of primary sulfonamides is 1. The second-order valence-corrected chi connectivity index (χ2v) is 5.82. The summed E-state index contributed by atoms with van der Waals surface area (Å²) in [5.41, 5.74) is 0.685. The molecule has 1 fully saturated rings. The lowest BCUT2D eigenvalue weighted by Gasteiger charge is -2.24. The van der Waals surface area contributed by atoms with Crippen molar-refractivity contribution < 1.29 is 8.42 Å². The van der Waals surface area contributed by atoms with Crippen molar-refractivity contribution in [2.24, 2.45) is 5.14 Å². The van der Waals surface area contributed by atoms with Crippen molar-refractivity contribution >= 4 is 15.7 Å². The Balaban J connectivity index is 2.37. The van der Waals surface area contributed by atoms with E-state index in [2.05, 4.69) is 9.88 Å². The second kappa shape index (κ2) is 5.01. The van der Waals surface area contributed by atoms with E-state index in [0.29, 0.717) is 5.69 Å². The Labute approximate surface area is 102 Å². The molecule has 94 valence electrons. The first-order chi connectivity index (χ1) is 8.09. The van der Waals surface area contributed by atoms with Crippen molar-refractivity contribution in [3.05, 3.63) is 18.5 Å². The Hall–Kier alpha value is -1.14. The fourth-order valence-corrected chi connectivity index (χ4v) is 2.86. The Morgan fingerprint density at radius 3 is 2.41 bits per heavy atom. The molecule has 6 heteroatoms. The molecule has 17 heavy (non-hydrogen) atoms. The minimum absolute atomic E-state index is 0.127. The average molecular weight is 255 g/mol. The van der Waals surface area contributed by atoms with Gasteiger partial charge in [0.25, 0.3) is 0 Å². The van der Waals surface area contributed by atoms with E-state index < -0.39 is 10.0 Å². The number of nitrogens with zero attached hydrogens (tertiary/aromatic N) is 2. The van der Waals surface area contributed by atoms with E-state index in [1.54, 1.807) is 12.3 Å². The number of hydrogen-bond acceptors (Lipinski definition) is 4. The molecule has 1 aromatic rings. The van der Waals surface area contributed by atoms with Crippen LogP contribution in [0.4, 0.5) is 5.69 Å². The van der Waals surface area contributed by atoms with Gasteiger partial charge in [-0.2, -0.15) is 0 Å². The summed E-state index contributed by atoms with van der Waals surface area (Å²) in [5.74, 6) is 0. The highest BCUT2D eigenvalue weighted by Crippen LogP contribution is 2.25. The van der Waals surface area contributed by atoms with Gasteiger partial charge in [-0.1, -0.05) is 12.8 Å². The molecule has 5 nitrogen and oxygen atoms in total. The molecule has 0 saturated carbocycles. The molecule has 1 aliphatic heterocycles. The van der Waals surface area contributed by atoms with Crippen molar-refractivity contribution in [3.8, 4) is 0 Å². The molecule has 1 saturated heterocycles. The van der Waals surface area contributed by atoms with Crippen molar-refractivity contribution in [1.29, 1.82) is 0 Å². The van der Waals surface area contributed by atoms with Gasteiger partial charge in [0.15, 0.2) is 0 Å². The summed E-state index contributed by atoms with van der Waals surface area (Å²) in [6, 6.07) is 1.73. The molecule has 0 bridgehead atoms. The largest absolute Gasteiger partial charge is 0.370 e. The molecule has 2 N–H and O–H groups in total. The molecule has 0 atom stereocenters. The lowest BCUT2D eigenvalue weighted by atomic mass is 10.2. The maximum atomic E-state index is 11.5. The third-order valence-corrected chi connectivity index (χ3v) is 3.94. The molecule has 2 rings (SSSR count). The summed E-state index contributed by atoms with van der Waals surface area (Å²) < 4.78 is 23.0. The van der Waals surface area contributed by atoms with Crippen LogP contribution >= 0.6 is 0 Å². The van der Waals surface area contributed by atoms with Crippen LogP contribution in [-0.4, -0.2) is 26.5 Å². The summed E-state index contributed by atoms with van der Waals surface area (Å²) in [6.07, 6.45) is 7.52. The van der Waals surface area contributed by atoms with Gasteiger partial charge in [0, 0.05) is 25.5 Å². The number of pyridine rings is 1. The van der Waals surface area contributed by atoms with Crippen LogP contribution in [0.1, 0.15) is 25.7 Å². The topological polar surface area (TPSA) is 76.3 Å². The predicted molar refractivity (Wildman–Crippen MR) is 66.3 cm³/mol. The monoisotopic (exact) mass is 255 g/mol. The lowest BCUT2D eigenvalue weighted by Crippen LogP contribution is -2.27. The Bertz CT molecular complexity index is 479. The molecular formula is C11H17N3O2S. The van der Waals surface area contributed by atoms with Gasteiger partial charge in [0.1, 0.15) is 4.90 Å². The fourth-order valence-electron chi connectivity index (χ4n) is 2.16. The third-order valence-electron chi connectivity index (χ3n) is 3.02. The summed E-state index contributed by atoms with van der Waals surface area (Å²) in [7, 11) is -3.70. The highest BCUT2D eigenvalue weighted by atomic mass is 32.2. The van der Waals surface area contributed by atoms with Crippen molar-refractivity contribution in [3.63, 3.8) is 0 Å². The maximum Gasteiger partial charge on any atom is 0.241 e. The molecule has 0 spiro atoms. The van der Waals surface area contributed by atoms with Gasteiger partial charge in [0.05, 0.1) is 5.69 Å². The minimum Gasteiger partial charge on any atom is -0.370 e. The van der Waals surface area contributed by atoms with Gasteiger partial charge in [-0.25, -0.2) is 13.6 Å². The molecule has 0 amide bonds. The van der Waals surface area contributed by atoms with E-state index in [1.165, 1.54) is 19.0 Å². The summed E-state index contributed by atoms with van der Waals surface area (Å²) in [5, 5.41) is 5.21. The number of nitrogens with two attached hydrogens (primary N) is 1. The first-order valence-corrected chi connectivity index (χ1v) is 7.35. The Morgan fingerprint density at radius 2 is 1.82 bits per heavy atom. The van der Waals surface area contributed by atoms with Crippen LogP contribution in [0.15, 0.2) is 23.4 Å². The van der Waals surface area contributed by atoms with Gasteiger partial charge in [-0.05, 0) is 18.9 Å². The second-order valence-electron chi connectivity index (χ2n) is 4.29. The summed E-state index contributed by atoms with van der Waals surface area (Å²) in [4.78, 5) is 6.06. The number of anilines is 1. The summed E-state index contributed by atoms with van der Waals surface area (Å²) >= 11 is 0. The molecule has 0 radical (unpaired) electrons. The van der Waals surface area contributed by atoms with Crippen molar-refractivity contribution in [2.45, 2.75) is 30.6 Å². The van der Waals surface area contributed by atoms with Crippen LogP contribution in [0.25, 0.3) is 0 Å². The molecule has 0 unspecified atom stereocenters. The van der Waals surface area contributed by atoms with E-state index in [9.17, 15) is 8.42 Å². The zero-order chi connectivity index (χ0) is 12.3. The quantitative estimate of drug-likeness (QED) is 0.859. The zero-order valence-corrected chi connectivity index (χ0v) is 10.5. The predicted octanol–water partition coefficient (Wildman–Crippen LogP) is 1.11.